The SMILES string of the molecule is CC1CN(C(=O)c2ccc(C(=O)O)cn2)CC(C)S1. The Hall–Kier alpha value is -1.56. The van der Waals surface area contributed by atoms with Gasteiger partial charge in [-0.25, -0.2) is 4.79 Å². The van der Waals surface area contributed by atoms with Crippen LogP contribution in [-0.4, -0.2) is 50.5 Å². The summed E-state index contributed by atoms with van der Waals surface area (Å²) in [6.45, 7) is 5.61. The molecule has 1 amide bonds. The van der Waals surface area contributed by atoms with Crippen LogP contribution < -0.4 is 0 Å². The zero-order valence-corrected chi connectivity index (χ0v) is 11.7. The van der Waals surface area contributed by atoms with Crippen LogP contribution in [0.3, 0.4) is 0 Å². The van der Waals surface area contributed by atoms with Gasteiger partial charge < -0.3 is 10.0 Å². The first-order valence-electron chi connectivity index (χ1n) is 6.11. The Kier molecular flexibility index (Phi) is 4.09. The number of carbonyl (C=O) groups is 2. The number of thioether (sulfide) groups is 1. The molecule has 2 atom stereocenters. The summed E-state index contributed by atoms with van der Waals surface area (Å²) in [6.07, 6.45) is 1.22. The molecular formula is C13H16N2O3S. The zero-order valence-electron chi connectivity index (χ0n) is 10.9. The quantitative estimate of drug-likeness (QED) is 0.893. The summed E-state index contributed by atoms with van der Waals surface area (Å²) in [6, 6.07) is 2.89. The highest BCUT2D eigenvalue weighted by Crippen LogP contribution is 2.25. The van der Waals surface area contributed by atoms with Gasteiger partial charge in [-0.15, -0.1) is 0 Å². The number of hydrogen-bond donors (Lipinski definition) is 1. The Balaban J connectivity index is 2.12. The molecule has 1 aliphatic heterocycles. The normalized spacial score (nSPS) is 23.2. The minimum Gasteiger partial charge on any atom is -0.478 e. The van der Waals surface area contributed by atoms with Crippen LogP contribution in [0.1, 0.15) is 34.7 Å². The number of aromatic carboxylic acids is 1. The topological polar surface area (TPSA) is 70.5 Å². The number of aromatic nitrogens is 1. The standard InChI is InChI=1S/C13H16N2O3S/c1-8-6-15(7-9(2)19-8)12(16)11-4-3-10(5-14-11)13(17)18/h3-5,8-9H,6-7H2,1-2H3,(H,17,18). The van der Waals surface area contributed by atoms with E-state index < -0.39 is 5.97 Å². The van der Waals surface area contributed by atoms with Crippen molar-refractivity contribution in [3.05, 3.63) is 29.6 Å². The van der Waals surface area contributed by atoms with Gasteiger partial charge in [-0.05, 0) is 12.1 Å². The van der Waals surface area contributed by atoms with E-state index in [1.54, 1.807) is 4.90 Å². The van der Waals surface area contributed by atoms with Gasteiger partial charge in [0.05, 0.1) is 5.56 Å². The molecule has 0 bridgehead atoms. The van der Waals surface area contributed by atoms with E-state index in [0.717, 1.165) is 0 Å². The van der Waals surface area contributed by atoms with E-state index in [9.17, 15) is 9.59 Å². The van der Waals surface area contributed by atoms with Crippen LogP contribution in [0.2, 0.25) is 0 Å². The largest absolute Gasteiger partial charge is 0.478 e. The first kappa shape index (κ1) is 13.9. The monoisotopic (exact) mass is 280 g/mol. The van der Waals surface area contributed by atoms with Crippen LogP contribution in [0.25, 0.3) is 0 Å². The van der Waals surface area contributed by atoms with Gasteiger partial charge in [0.15, 0.2) is 0 Å². The second kappa shape index (κ2) is 5.61. The van der Waals surface area contributed by atoms with Gasteiger partial charge in [-0.2, -0.15) is 11.8 Å². The summed E-state index contributed by atoms with van der Waals surface area (Å²) < 4.78 is 0. The first-order valence-corrected chi connectivity index (χ1v) is 7.05. The third-order valence-electron chi connectivity index (χ3n) is 2.94. The number of amides is 1. The fourth-order valence-corrected chi connectivity index (χ4v) is 3.48. The lowest BCUT2D eigenvalue weighted by Crippen LogP contribution is -2.44. The predicted molar refractivity (Wildman–Crippen MR) is 73.6 cm³/mol. The Labute approximate surface area is 116 Å². The lowest BCUT2D eigenvalue weighted by Gasteiger charge is -2.34. The molecule has 5 nitrogen and oxygen atoms in total. The molecule has 0 aromatic carbocycles. The van der Waals surface area contributed by atoms with Crippen molar-refractivity contribution in [1.29, 1.82) is 0 Å². The molecule has 0 spiro atoms. The summed E-state index contributed by atoms with van der Waals surface area (Å²) in [5.74, 6) is -1.17. The molecule has 102 valence electrons. The maximum atomic E-state index is 12.3. The van der Waals surface area contributed by atoms with Gasteiger partial charge in [0.25, 0.3) is 5.91 Å². The van der Waals surface area contributed by atoms with E-state index in [-0.39, 0.29) is 11.5 Å². The molecule has 6 heteroatoms. The Morgan fingerprint density at radius 1 is 1.32 bits per heavy atom. The molecule has 1 aromatic heterocycles. The smallest absolute Gasteiger partial charge is 0.337 e. The van der Waals surface area contributed by atoms with Crippen molar-refractivity contribution in [2.75, 3.05) is 13.1 Å². The van der Waals surface area contributed by atoms with Crippen molar-refractivity contribution in [1.82, 2.24) is 9.88 Å². The van der Waals surface area contributed by atoms with Crippen molar-refractivity contribution in [3.63, 3.8) is 0 Å². The number of hydrogen-bond acceptors (Lipinski definition) is 4. The highest BCUT2D eigenvalue weighted by atomic mass is 32.2. The summed E-state index contributed by atoms with van der Waals surface area (Å²) in [5, 5.41) is 9.61. The predicted octanol–water partition coefficient (Wildman–Crippen LogP) is 1.75. The van der Waals surface area contributed by atoms with Gasteiger partial charge in [0, 0.05) is 29.8 Å². The van der Waals surface area contributed by atoms with Gasteiger partial charge in [0.2, 0.25) is 0 Å². The van der Waals surface area contributed by atoms with Gasteiger partial charge >= 0.3 is 5.97 Å². The molecule has 1 saturated heterocycles. The fourth-order valence-electron chi connectivity index (χ4n) is 2.15. The molecule has 1 N–H and O–H groups in total. The van der Waals surface area contributed by atoms with Crippen LogP contribution in [-0.2, 0) is 0 Å². The Morgan fingerprint density at radius 3 is 2.42 bits per heavy atom. The minimum atomic E-state index is -1.04. The minimum absolute atomic E-state index is 0.0903. The lowest BCUT2D eigenvalue weighted by atomic mass is 10.2. The third kappa shape index (κ3) is 3.26. The summed E-state index contributed by atoms with van der Waals surface area (Å²) in [4.78, 5) is 28.7. The summed E-state index contributed by atoms with van der Waals surface area (Å²) in [7, 11) is 0. The lowest BCUT2D eigenvalue weighted by molar-refractivity contribution is 0.0692. The second-order valence-electron chi connectivity index (χ2n) is 4.70. The van der Waals surface area contributed by atoms with E-state index in [4.69, 9.17) is 5.11 Å². The van der Waals surface area contributed by atoms with Crippen LogP contribution in [0.15, 0.2) is 18.3 Å². The summed E-state index contributed by atoms with van der Waals surface area (Å²) >= 11 is 1.87. The molecule has 2 unspecified atom stereocenters. The van der Waals surface area contributed by atoms with Crippen molar-refractivity contribution in [3.8, 4) is 0 Å². The highest BCUT2D eigenvalue weighted by Gasteiger charge is 2.27. The molecule has 2 rings (SSSR count). The number of pyridine rings is 1. The number of carbonyl (C=O) groups excluding carboxylic acids is 1. The average Bonchev–Trinajstić information content (AvgIpc) is 2.37. The molecule has 1 aromatic rings. The van der Waals surface area contributed by atoms with Gasteiger partial charge in [-0.3, -0.25) is 9.78 Å². The zero-order chi connectivity index (χ0) is 14.0. The third-order valence-corrected chi connectivity index (χ3v) is 4.16. The average molecular weight is 280 g/mol. The van der Waals surface area contributed by atoms with Crippen LogP contribution in [0.4, 0.5) is 0 Å². The molecule has 1 aliphatic rings. The van der Waals surface area contributed by atoms with E-state index in [1.165, 1.54) is 18.3 Å². The van der Waals surface area contributed by atoms with Crippen molar-refractivity contribution in [2.24, 2.45) is 0 Å². The van der Waals surface area contributed by atoms with Crippen LogP contribution in [0, 0.1) is 0 Å². The van der Waals surface area contributed by atoms with Crippen molar-refractivity contribution < 1.29 is 14.7 Å². The van der Waals surface area contributed by atoms with Crippen LogP contribution >= 0.6 is 11.8 Å². The van der Waals surface area contributed by atoms with Crippen molar-refractivity contribution >= 4 is 23.6 Å². The molecule has 2 heterocycles. The number of nitrogens with zero attached hydrogens (tertiary/aromatic N) is 2. The highest BCUT2D eigenvalue weighted by molar-refractivity contribution is 8.00. The molecule has 0 aliphatic carbocycles. The fraction of sp³-hybridized carbons (Fsp3) is 0.462. The van der Waals surface area contributed by atoms with Gasteiger partial charge in [-0.1, -0.05) is 13.8 Å². The number of carboxylic acids is 1. The maximum Gasteiger partial charge on any atom is 0.337 e. The van der Waals surface area contributed by atoms with Gasteiger partial charge in [0.1, 0.15) is 5.69 Å². The first-order chi connectivity index (χ1) is 8.97. The molecule has 1 fully saturated rings. The van der Waals surface area contributed by atoms with E-state index in [2.05, 4.69) is 18.8 Å². The maximum absolute atomic E-state index is 12.3. The van der Waals surface area contributed by atoms with E-state index >= 15 is 0 Å². The number of carboxylic acid groups (broad SMARTS) is 1. The summed E-state index contributed by atoms with van der Waals surface area (Å²) in [5.41, 5.74) is 0.392. The molecular weight excluding hydrogens is 264 g/mol. The Bertz CT molecular complexity index is 479. The molecule has 0 saturated carbocycles. The Morgan fingerprint density at radius 2 is 1.95 bits per heavy atom. The number of rotatable bonds is 2. The van der Waals surface area contributed by atoms with Crippen molar-refractivity contribution in [2.45, 2.75) is 24.3 Å². The van der Waals surface area contributed by atoms with Crippen LogP contribution in [0.5, 0.6) is 0 Å². The van der Waals surface area contributed by atoms with E-state index in [0.29, 0.717) is 29.3 Å². The molecule has 0 radical (unpaired) electrons. The molecule has 19 heavy (non-hydrogen) atoms. The van der Waals surface area contributed by atoms with E-state index in [1.807, 2.05) is 11.8 Å². The second-order valence-corrected chi connectivity index (χ2v) is 6.59.